The van der Waals surface area contributed by atoms with Crippen LogP contribution >= 0.6 is 0 Å². The highest BCUT2D eigenvalue weighted by Crippen LogP contribution is 2.35. The highest BCUT2D eigenvalue weighted by molar-refractivity contribution is 5.98. The molecule has 4 aromatic rings. The maximum Gasteiger partial charge on any atom is 0.407 e. The molecule has 0 atom stereocenters. The summed E-state index contributed by atoms with van der Waals surface area (Å²) >= 11 is 0. The number of carbonyl (C=O) groups is 2. The number of benzene rings is 3. The molecule has 9 nitrogen and oxygen atoms in total. The van der Waals surface area contributed by atoms with Gasteiger partial charge in [0.15, 0.2) is 11.4 Å². The highest BCUT2D eigenvalue weighted by Gasteiger charge is 2.20. The molecule has 210 valence electrons. The van der Waals surface area contributed by atoms with Crippen molar-refractivity contribution in [1.82, 2.24) is 10.5 Å². The molecule has 0 fully saturated rings. The molecule has 0 unspecified atom stereocenters. The maximum atomic E-state index is 15.7. The number of nitrogens with zero attached hydrogens (tertiary/aromatic N) is 1. The van der Waals surface area contributed by atoms with Crippen LogP contribution in [0.3, 0.4) is 0 Å². The molecule has 0 saturated carbocycles. The standard InChI is InChI=1S/C30H32FN3O6/c1-5-37-25(35)15-19-9-6-7-12-24(19)38-17-18-13-22(27-23(14-18)28(32)34-40-27)21-11-8-10-20(26(21)31)16-33-29(36)39-30(2,3)4/h6-14H,5,15-17H2,1-4H3,(H2,32,34)(H,33,36). The van der Waals surface area contributed by atoms with Crippen molar-refractivity contribution in [3.63, 3.8) is 0 Å². The minimum Gasteiger partial charge on any atom is -0.489 e. The predicted molar refractivity (Wildman–Crippen MR) is 148 cm³/mol. The van der Waals surface area contributed by atoms with Gasteiger partial charge < -0.3 is 29.8 Å². The van der Waals surface area contributed by atoms with Crippen LogP contribution in [0, 0.1) is 5.82 Å². The van der Waals surface area contributed by atoms with Gasteiger partial charge in [-0.2, -0.15) is 0 Å². The number of carbonyl (C=O) groups excluding carboxylic acids is 2. The molecule has 0 radical (unpaired) electrons. The van der Waals surface area contributed by atoms with Crippen LogP contribution in [0.25, 0.3) is 22.1 Å². The quantitative estimate of drug-likeness (QED) is 0.246. The Bertz CT molecular complexity index is 1530. The Hall–Kier alpha value is -4.60. The summed E-state index contributed by atoms with van der Waals surface area (Å²) in [5, 5.41) is 6.96. The average molecular weight is 550 g/mol. The molecule has 0 bridgehead atoms. The van der Waals surface area contributed by atoms with E-state index in [-0.39, 0.29) is 42.5 Å². The SMILES string of the molecule is CCOC(=O)Cc1ccccc1OCc1cc(-c2cccc(CNC(=O)OC(C)(C)C)c2F)c2onc(N)c2c1. The third kappa shape index (κ3) is 6.88. The van der Waals surface area contributed by atoms with E-state index in [0.29, 0.717) is 40.0 Å². The van der Waals surface area contributed by atoms with Crippen LogP contribution in [-0.2, 0) is 33.8 Å². The van der Waals surface area contributed by atoms with Gasteiger partial charge >= 0.3 is 12.1 Å². The first-order chi connectivity index (χ1) is 19.1. The van der Waals surface area contributed by atoms with Crippen molar-refractivity contribution in [2.75, 3.05) is 12.3 Å². The van der Waals surface area contributed by atoms with Crippen LogP contribution in [0.4, 0.5) is 15.0 Å². The Morgan fingerprint density at radius 1 is 1.05 bits per heavy atom. The van der Waals surface area contributed by atoms with Gasteiger partial charge in [0.25, 0.3) is 0 Å². The van der Waals surface area contributed by atoms with Gasteiger partial charge in [-0.05, 0) is 51.5 Å². The van der Waals surface area contributed by atoms with Crippen molar-refractivity contribution >= 4 is 28.8 Å². The van der Waals surface area contributed by atoms with Gasteiger partial charge in [0.2, 0.25) is 0 Å². The zero-order chi connectivity index (χ0) is 28.9. The number of nitrogens with two attached hydrogens (primary N) is 1. The highest BCUT2D eigenvalue weighted by atomic mass is 19.1. The number of fused-ring (bicyclic) bond motifs is 1. The lowest BCUT2D eigenvalue weighted by atomic mass is 9.98. The van der Waals surface area contributed by atoms with Crippen molar-refractivity contribution < 1.29 is 32.7 Å². The molecule has 1 heterocycles. The molecule has 1 aromatic heterocycles. The van der Waals surface area contributed by atoms with Gasteiger partial charge in [-0.1, -0.05) is 41.6 Å². The molecule has 0 aliphatic carbocycles. The minimum absolute atomic E-state index is 0.0717. The molecule has 4 rings (SSSR count). The number of esters is 1. The summed E-state index contributed by atoms with van der Waals surface area (Å²) in [6, 6.07) is 15.6. The predicted octanol–water partition coefficient (Wildman–Crippen LogP) is 5.93. The van der Waals surface area contributed by atoms with E-state index in [9.17, 15) is 9.59 Å². The number of rotatable bonds is 9. The van der Waals surface area contributed by atoms with Gasteiger partial charge in [0, 0.05) is 28.8 Å². The summed E-state index contributed by atoms with van der Waals surface area (Å²) in [6.07, 6.45) is -0.576. The lowest BCUT2D eigenvalue weighted by Crippen LogP contribution is -2.32. The van der Waals surface area contributed by atoms with Gasteiger partial charge in [0.05, 0.1) is 18.4 Å². The van der Waals surface area contributed by atoms with Crippen LogP contribution in [-0.4, -0.2) is 29.4 Å². The summed E-state index contributed by atoms with van der Waals surface area (Å²) in [5.74, 6) is -0.204. The lowest BCUT2D eigenvalue weighted by Gasteiger charge is -2.20. The number of nitrogens with one attached hydrogen (secondary N) is 1. The van der Waals surface area contributed by atoms with E-state index in [2.05, 4.69) is 10.5 Å². The van der Waals surface area contributed by atoms with Gasteiger partial charge in [0.1, 0.15) is 23.8 Å². The number of amides is 1. The fraction of sp³-hybridized carbons (Fsp3) is 0.300. The number of anilines is 1. The first-order valence-corrected chi connectivity index (χ1v) is 12.8. The topological polar surface area (TPSA) is 126 Å². The Balaban J connectivity index is 1.62. The number of aromatic nitrogens is 1. The molecule has 0 aliphatic rings. The second-order valence-corrected chi connectivity index (χ2v) is 10.1. The molecule has 40 heavy (non-hydrogen) atoms. The van der Waals surface area contributed by atoms with Gasteiger partial charge in [-0.15, -0.1) is 0 Å². The summed E-state index contributed by atoms with van der Waals surface area (Å²) in [7, 11) is 0. The summed E-state index contributed by atoms with van der Waals surface area (Å²) in [4.78, 5) is 24.1. The molecular weight excluding hydrogens is 517 g/mol. The number of para-hydroxylation sites is 1. The van der Waals surface area contributed by atoms with E-state index >= 15 is 4.39 Å². The van der Waals surface area contributed by atoms with Crippen molar-refractivity contribution in [1.29, 1.82) is 0 Å². The monoisotopic (exact) mass is 549 g/mol. The zero-order valence-electron chi connectivity index (χ0n) is 22.9. The van der Waals surface area contributed by atoms with Crippen LogP contribution in [0.15, 0.2) is 59.1 Å². The molecule has 0 aliphatic heterocycles. The van der Waals surface area contributed by atoms with Crippen LogP contribution < -0.4 is 15.8 Å². The van der Waals surface area contributed by atoms with Gasteiger partial charge in [-0.3, -0.25) is 4.79 Å². The maximum absolute atomic E-state index is 15.7. The van der Waals surface area contributed by atoms with Crippen molar-refractivity contribution in [2.45, 2.75) is 52.9 Å². The van der Waals surface area contributed by atoms with E-state index in [1.807, 2.05) is 12.1 Å². The van der Waals surface area contributed by atoms with Crippen molar-refractivity contribution in [2.24, 2.45) is 0 Å². The number of alkyl carbamates (subject to hydrolysis) is 1. The molecule has 3 aromatic carbocycles. The fourth-order valence-electron chi connectivity index (χ4n) is 4.13. The normalized spacial score (nSPS) is 11.3. The molecule has 0 spiro atoms. The minimum atomic E-state index is -0.676. The van der Waals surface area contributed by atoms with Crippen LogP contribution in [0.2, 0.25) is 0 Å². The number of halogens is 1. The van der Waals surface area contributed by atoms with Crippen LogP contribution in [0.5, 0.6) is 5.75 Å². The largest absolute Gasteiger partial charge is 0.489 e. The van der Waals surface area contributed by atoms with E-state index in [1.165, 1.54) is 0 Å². The van der Waals surface area contributed by atoms with Crippen molar-refractivity contribution in [3.8, 4) is 16.9 Å². The number of hydrogen-bond acceptors (Lipinski definition) is 8. The first-order valence-electron chi connectivity index (χ1n) is 12.8. The molecular formula is C30H32FN3O6. The smallest absolute Gasteiger partial charge is 0.407 e. The Morgan fingerprint density at radius 2 is 1.80 bits per heavy atom. The first kappa shape index (κ1) is 28.4. The molecule has 3 N–H and O–H groups in total. The van der Waals surface area contributed by atoms with E-state index in [1.54, 1.807) is 70.2 Å². The third-order valence-electron chi connectivity index (χ3n) is 5.86. The lowest BCUT2D eigenvalue weighted by molar-refractivity contribution is -0.142. The summed E-state index contributed by atoms with van der Waals surface area (Å²) < 4.78 is 37.6. The Morgan fingerprint density at radius 3 is 2.55 bits per heavy atom. The van der Waals surface area contributed by atoms with E-state index in [4.69, 9.17) is 24.5 Å². The number of ether oxygens (including phenoxy) is 3. The molecule has 10 heteroatoms. The third-order valence-corrected chi connectivity index (χ3v) is 5.86. The number of hydrogen-bond donors (Lipinski definition) is 2. The average Bonchev–Trinajstić information content (AvgIpc) is 3.27. The number of nitrogen functional groups attached to an aromatic ring is 1. The molecule has 1 amide bonds. The summed E-state index contributed by atoms with van der Waals surface area (Å²) in [6.45, 7) is 7.32. The van der Waals surface area contributed by atoms with E-state index < -0.39 is 17.5 Å². The second-order valence-electron chi connectivity index (χ2n) is 10.1. The summed E-state index contributed by atoms with van der Waals surface area (Å²) in [5.41, 5.74) is 8.00. The van der Waals surface area contributed by atoms with Gasteiger partial charge in [-0.25, -0.2) is 9.18 Å². The zero-order valence-corrected chi connectivity index (χ0v) is 22.9. The second kappa shape index (κ2) is 12.1. The van der Waals surface area contributed by atoms with Crippen molar-refractivity contribution in [3.05, 3.63) is 77.1 Å². The Labute approximate surface area is 231 Å². The molecule has 0 saturated heterocycles. The van der Waals surface area contributed by atoms with Crippen LogP contribution in [0.1, 0.15) is 44.4 Å². The Kier molecular flexibility index (Phi) is 8.57. The van der Waals surface area contributed by atoms with E-state index in [0.717, 1.165) is 0 Å². The fourth-order valence-corrected chi connectivity index (χ4v) is 4.13.